The van der Waals surface area contributed by atoms with Crippen LogP contribution in [-0.2, 0) is 17.6 Å². The monoisotopic (exact) mass is 246 g/mol. The van der Waals surface area contributed by atoms with Gasteiger partial charge in [-0.25, -0.2) is 0 Å². The normalized spacial score (nSPS) is 16.1. The number of amides is 1. The highest BCUT2D eigenvalue weighted by atomic mass is 16.2. The van der Waals surface area contributed by atoms with Gasteiger partial charge < -0.3 is 10.6 Å². The fraction of sp³-hybridized carbons (Fsp3) is 0.533. The van der Waals surface area contributed by atoms with Gasteiger partial charge in [-0.1, -0.05) is 24.3 Å². The molecule has 3 nitrogen and oxygen atoms in total. The van der Waals surface area contributed by atoms with Crippen molar-refractivity contribution < 1.29 is 4.79 Å². The highest BCUT2D eigenvalue weighted by Crippen LogP contribution is 2.17. The second-order valence-corrected chi connectivity index (χ2v) is 5.81. The Hall–Kier alpha value is -1.35. The van der Waals surface area contributed by atoms with Crippen LogP contribution in [-0.4, -0.2) is 29.4 Å². The Labute approximate surface area is 109 Å². The van der Waals surface area contributed by atoms with E-state index in [-0.39, 0.29) is 5.91 Å². The van der Waals surface area contributed by atoms with Crippen LogP contribution in [0.1, 0.15) is 31.4 Å². The number of benzene rings is 1. The van der Waals surface area contributed by atoms with Crippen LogP contribution in [0.5, 0.6) is 0 Å². The van der Waals surface area contributed by atoms with E-state index < -0.39 is 5.54 Å². The van der Waals surface area contributed by atoms with E-state index in [9.17, 15) is 4.79 Å². The minimum absolute atomic E-state index is 0.176. The van der Waals surface area contributed by atoms with Gasteiger partial charge in [-0.2, -0.15) is 0 Å². The zero-order chi connectivity index (χ0) is 13.2. The SMILES string of the molecule is CC(C)(N)CC(=O)N1CCc2ccccc2CC1. The van der Waals surface area contributed by atoms with Crippen LogP contribution in [0.2, 0.25) is 0 Å². The predicted molar refractivity (Wildman–Crippen MR) is 73.3 cm³/mol. The molecule has 1 amide bonds. The molecular weight excluding hydrogens is 224 g/mol. The largest absolute Gasteiger partial charge is 0.342 e. The van der Waals surface area contributed by atoms with Crippen LogP contribution < -0.4 is 5.73 Å². The summed E-state index contributed by atoms with van der Waals surface area (Å²) in [6.07, 6.45) is 2.32. The zero-order valence-corrected chi connectivity index (χ0v) is 11.3. The topological polar surface area (TPSA) is 46.3 Å². The van der Waals surface area contributed by atoms with Crippen LogP contribution >= 0.6 is 0 Å². The second-order valence-electron chi connectivity index (χ2n) is 5.81. The third-order valence-corrected chi connectivity index (χ3v) is 3.38. The van der Waals surface area contributed by atoms with Crippen molar-refractivity contribution in [1.82, 2.24) is 4.90 Å². The average Bonchev–Trinajstić information content (AvgIpc) is 2.49. The summed E-state index contributed by atoms with van der Waals surface area (Å²) in [5.41, 5.74) is 8.25. The Bertz CT molecular complexity index is 407. The fourth-order valence-corrected chi connectivity index (χ4v) is 2.42. The minimum atomic E-state index is -0.420. The molecule has 2 rings (SSSR count). The van der Waals surface area contributed by atoms with Crippen LogP contribution in [0.15, 0.2) is 24.3 Å². The molecule has 1 aromatic carbocycles. The van der Waals surface area contributed by atoms with Crippen molar-refractivity contribution in [2.24, 2.45) is 5.73 Å². The zero-order valence-electron chi connectivity index (χ0n) is 11.3. The summed E-state index contributed by atoms with van der Waals surface area (Å²) in [4.78, 5) is 14.1. The molecule has 0 atom stereocenters. The van der Waals surface area contributed by atoms with Crippen LogP contribution in [0.3, 0.4) is 0 Å². The maximum Gasteiger partial charge on any atom is 0.224 e. The molecule has 0 bridgehead atoms. The maximum atomic E-state index is 12.2. The molecule has 0 saturated heterocycles. The van der Waals surface area contributed by atoms with Gasteiger partial charge in [-0.05, 0) is 37.8 Å². The standard InChI is InChI=1S/C15H22N2O/c1-15(2,16)11-14(18)17-9-7-12-5-3-4-6-13(12)8-10-17/h3-6H,7-11,16H2,1-2H3. The third kappa shape index (κ3) is 3.33. The number of hydrogen-bond donors (Lipinski definition) is 1. The van der Waals surface area contributed by atoms with Crippen molar-refractivity contribution >= 4 is 5.91 Å². The molecule has 1 aliphatic rings. The number of nitrogens with zero attached hydrogens (tertiary/aromatic N) is 1. The van der Waals surface area contributed by atoms with Crippen molar-refractivity contribution in [3.8, 4) is 0 Å². The molecule has 0 fully saturated rings. The first-order valence-corrected chi connectivity index (χ1v) is 6.59. The first kappa shape index (κ1) is 13.1. The summed E-state index contributed by atoms with van der Waals surface area (Å²) in [6.45, 7) is 5.42. The Kier molecular flexibility index (Phi) is 3.71. The molecule has 18 heavy (non-hydrogen) atoms. The fourth-order valence-electron chi connectivity index (χ4n) is 2.42. The lowest BCUT2D eigenvalue weighted by molar-refractivity contribution is -0.132. The molecule has 0 aromatic heterocycles. The highest BCUT2D eigenvalue weighted by Gasteiger charge is 2.23. The van der Waals surface area contributed by atoms with E-state index in [0.717, 1.165) is 25.9 Å². The van der Waals surface area contributed by atoms with Crippen molar-refractivity contribution in [2.75, 3.05) is 13.1 Å². The van der Waals surface area contributed by atoms with E-state index in [1.165, 1.54) is 11.1 Å². The summed E-state index contributed by atoms with van der Waals surface area (Å²) >= 11 is 0. The lowest BCUT2D eigenvalue weighted by atomic mass is 10.0. The predicted octanol–water partition coefficient (Wildman–Crippen LogP) is 1.74. The Morgan fingerprint density at radius 1 is 1.22 bits per heavy atom. The van der Waals surface area contributed by atoms with Gasteiger partial charge in [0.1, 0.15) is 0 Å². The van der Waals surface area contributed by atoms with Gasteiger partial charge in [0.05, 0.1) is 0 Å². The molecule has 0 radical (unpaired) electrons. The van der Waals surface area contributed by atoms with E-state index in [0.29, 0.717) is 6.42 Å². The van der Waals surface area contributed by atoms with Crippen molar-refractivity contribution in [2.45, 2.75) is 38.6 Å². The van der Waals surface area contributed by atoms with E-state index in [4.69, 9.17) is 5.73 Å². The van der Waals surface area contributed by atoms with E-state index >= 15 is 0 Å². The van der Waals surface area contributed by atoms with E-state index in [1.807, 2.05) is 18.7 Å². The van der Waals surface area contributed by atoms with Crippen LogP contribution in [0.4, 0.5) is 0 Å². The minimum Gasteiger partial charge on any atom is -0.342 e. The number of fused-ring (bicyclic) bond motifs is 1. The van der Waals surface area contributed by atoms with Crippen molar-refractivity contribution in [3.63, 3.8) is 0 Å². The van der Waals surface area contributed by atoms with Crippen LogP contribution in [0.25, 0.3) is 0 Å². The van der Waals surface area contributed by atoms with E-state index in [2.05, 4.69) is 24.3 Å². The van der Waals surface area contributed by atoms with Gasteiger partial charge in [-0.15, -0.1) is 0 Å². The first-order chi connectivity index (χ1) is 8.46. The molecule has 0 spiro atoms. The molecule has 0 unspecified atom stereocenters. The molecule has 0 saturated carbocycles. The number of rotatable bonds is 2. The Morgan fingerprint density at radius 2 is 1.72 bits per heavy atom. The summed E-state index contributed by atoms with van der Waals surface area (Å²) in [7, 11) is 0. The number of hydrogen-bond acceptors (Lipinski definition) is 2. The lowest BCUT2D eigenvalue weighted by Crippen LogP contribution is -2.42. The van der Waals surface area contributed by atoms with Gasteiger partial charge in [-0.3, -0.25) is 4.79 Å². The van der Waals surface area contributed by atoms with Gasteiger partial charge in [0, 0.05) is 25.0 Å². The Balaban J connectivity index is 2.02. The van der Waals surface area contributed by atoms with Gasteiger partial charge in [0.15, 0.2) is 0 Å². The summed E-state index contributed by atoms with van der Waals surface area (Å²) in [6, 6.07) is 8.46. The lowest BCUT2D eigenvalue weighted by Gasteiger charge is -2.25. The van der Waals surface area contributed by atoms with Crippen LogP contribution in [0, 0.1) is 0 Å². The molecule has 2 N–H and O–H groups in total. The third-order valence-electron chi connectivity index (χ3n) is 3.38. The quantitative estimate of drug-likeness (QED) is 0.864. The Morgan fingerprint density at radius 3 is 2.17 bits per heavy atom. The molecule has 98 valence electrons. The van der Waals surface area contributed by atoms with Crippen molar-refractivity contribution in [3.05, 3.63) is 35.4 Å². The molecule has 0 aliphatic carbocycles. The molecule has 1 heterocycles. The van der Waals surface area contributed by atoms with E-state index in [1.54, 1.807) is 0 Å². The van der Waals surface area contributed by atoms with Gasteiger partial charge in [0.25, 0.3) is 0 Å². The number of carbonyl (C=O) groups excluding carboxylic acids is 1. The second kappa shape index (κ2) is 5.11. The number of carbonyl (C=O) groups is 1. The smallest absolute Gasteiger partial charge is 0.224 e. The average molecular weight is 246 g/mol. The van der Waals surface area contributed by atoms with Crippen molar-refractivity contribution in [1.29, 1.82) is 0 Å². The number of nitrogens with two attached hydrogens (primary N) is 1. The van der Waals surface area contributed by atoms with Gasteiger partial charge in [0.2, 0.25) is 5.91 Å². The molecule has 1 aromatic rings. The summed E-state index contributed by atoms with van der Waals surface area (Å²) in [5.74, 6) is 0.176. The summed E-state index contributed by atoms with van der Waals surface area (Å²) in [5, 5.41) is 0. The molecule has 1 aliphatic heterocycles. The van der Waals surface area contributed by atoms with Gasteiger partial charge >= 0.3 is 0 Å². The highest BCUT2D eigenvalue weighted by molar-refractivity contribution is 5.77. The molecule has 3 heteroatoms. The molecular formula is C15H22N2O. The maximum absolute atomic E-state index is 12.2. The summed E-state index contributed by atoms with van der Waals surface area (Å²) < 4.78 is 0. The first-order valence-electron chi connectivity index (χ1n) is 6.59.